The lowest BCUT2D eigenvalue weighted by atomic mass is 10.1. The van der Waals surface area contributed by atoms with E-state index in [0.29, 0.717) is 12.8 Å². The van der Waals surface area contributed by atoms with Crippen LogP contribution in [0.1, 0.15) is 32.6 Å². The lowest BCUT2D eigenvalue weighted by molar-refractivity contribution is -0.137. The van der Waals surface area contributed by atoms with Crippen molar-refractivity contribution in [2.24, 2.45) is 0 Å². The van der Waals surface area contributed by atoms with Gasteiger partial charge in [-0.2, -0.15) is 0 Å². The van der Waals surface area contributed by atoms with Crippen LogP contribution in [0.15, 0.2) is 0 Å². The summed E-state index contributed by atoms with van der Waals surface area (Å²) in [6.07, 6.45) is 6.20. The highest BCUT2D eigenvalue weighted by Gasteiger charge is 2.13. The quantitative estimate of drug-likeness (QED) is 0.618. The third-order valence-electron chi connectivity index (χ3n) is 1.78. The molecule has 1 amide bonds. The molecule has 4 nitrogen and oxygen atoms in total. The Hall–Kier alpha value is -1.50. The van der Waals surface area contributed by atoms with E-state index in [1.165, 1.54) is 0 Å². The number of carbonyl (C=O) groups excluding carboxylic acids is 1. The molecule has 0 radical (unpaired) electrons. The third kappa shape index (κ3) is 6.06. The molecule has 0 aliphatic carbocycles. The van der Waals surface area contributed by atoms with Crippen LogP contribution >= 0.6 is 0 Å². The van der Waals surface area contributed by atoms with Crippen LogP contribution in [0.4, 0.5) is 0 Å². The average molecular weight is 197 g/mol. The van der Waals surface area contributed by atoms with Gasteiger partial charge in [0.25, 0.3) is 0 Å². The summed E-state index contributed by atoms with van der Waals surface area (Å²) >= 11 is 0. The van der Waals surface area contributed by atoms with Gasteiger partial charge in [0.05, 0.1) is 6.42 Å². The minimum absolute atomic E-state index is 0.0434. The normalized spacial score (nSPS) is 11.4. The zero-order valence-electron chi connectivity index (χ0n) is 8.25. The first-order valence-corrected chi connectivity index (χ1v) is 4.54. The van der Waals surface area contributed by atoms with Crippen molar-refractivity contribution in [3.8, 4) is 12.3 Å². The van der Waals surface area contributed by atoms with E-state index >= 15 is 0 Å². The molecule has 0 aromatic carbocycles. The maximum Gasteiger partial charge on any atom is 0.305 e. The molecule has 0 aromatic heterocycles. The van der Waals surface area contributed by atoms with Gasteiger partial charge in [-0.25, -0.2) is 0 Å². The molecule has 0 fully saturated rings. The lowest BCUT2D eigenvalue weighted by Crippen LogP contribution is -2.35. The minimum Gasteiger partial charge on any atom is -0.481 e. The molecule has 0 aliphatic heterocycles. The molecule has 2 N–H and O–H groups in total. The highest BCUT2D eigenvalue weighted by Crippen LogP contribution is 1.98. The predicted octanol–water partition coefficient (Wildman–Crippen LogP) is 0.769. The molecule has 1 unspecified atom stereocenters. The van der Waals surface area contributed by atoms with Crippen LogP contribution in [-0.4, -0.2) is 23.0 Å². The molecule has 78 valence electrons. The SMILES string of the molecule is C#CCCC(=O)NC(CC)CC(=O)O. The number of nitrogens with one attached hydrogen (secondary N) is 1. The lowest BCUT2D eigenvalue weighted by Gasteiger charge is -2.13. The number of aliphatic carboxylic acids is 1. The Morgan fingerprint density at radius 2 is 2.21 bits per heavy atom. The first kappa shape index (κ1) is 12.5. The monoisotopic (exact) mass is 197 g/mol. The van der Waals surface area contributed by atoms with Crippen molar-refractivity contribution in [1.29, 1.82) is 0 Å². The van der Waals surface area contributed by atoms with Gasteiger partial charge in [0.2, 0.25) is 5.91 Å². The number of hydrogen-bond donors (Lipinski definition) is 2. The molecular weight excluding hydrogens is 182 g/mol. The van der Waals surface area contributed by atoms with Crippen LogP contribution in [-0.2, 0) is 9.59 Å². The third-order valence-corrected chi connectivity index (χ3v) is 1.78. The van der Waals surface area contributed by atoms with Crippen LogP contribution in [0.5, 0.6) is 0 Å². The Bertz CT molecular complexity index is 242. The van der Waals surface area contributed by atoms with Crippen molar-refractivity contribution in [3.63, 3.8) is 0 Å². The van der Waals surface area contributed by atoms with Crippen LogP contribution < -0.4 is 5.32 Å². The summed E-state index contributed by atoms with van der Waals surface area (Å²) in [4.78, 5) is 21.5. The van der Waals surface area contributed by atoms with Gasteiger partial charge >= 0.3 is 5.97 Å². The summed E-state index contributed by atoms with van der Waals surface area (Å²) in [5.74, 6) is 1.26. The number of rotatable bonds is 6. The van der Waals surface area contributed by atoms with Crippen LogP contribution in [0.25, 0.3) is 0 Å². The van der Waals surface area contributed by atoms with E-state index in [4.69, 9.17) is 11.5 Å². The van der Waals surface area contributed by atoms with Crippen molar-refractivity contribution in [2.45, 2.75) is 38.6 Å². The Labute approximate surface area is 83.7 Å². The molecule has 0 spiro atoms. The molecule has 1 atom stereocenters. The maximum absolute atomic E-state index is 11.2. The summed E-state index contributed by atoms with van der Waals surface area (Å²) in [5, 5.41) is 11.1. The minimum atomic E-state index is -0.908. The van der Waals surface area contributed by atoms with Gasteiger partial charge in [-0.1, -0.05) is 6.92 Å². The second-order valence-electron chi connectivity index (χ2n) is 2.97. The van der Waals surface area contributed by atoms with Gasteiger partial charge in [0.15, 0.2) is 0 Å². The molecular formula is C10H15NO3. The van der Waals surface area contributed by atoms with E-state index in [1.54, 1.807) is 0 Å². The summed E-state index contributed by atoms with van der Waals surface area (Å²) < 4.78 is 0. The highest BCUT2D eigenvalue weighted by molar-refractivity contribution is 5.77. The largest absolute Gasteiger partial charge is 0.481 e. The Morgan fingerprint density at radius 3 is 2.64 bits per heavy atom. The smallest absolute Gasteiger partial charge is 0.305 e. The van der Waals surface area contributed by atoms with Crippen molar-refractivity contribution in [3.05, 3.63) is 0 Å². The number of carboxylic acids is 1. The fraction of sp³-hybridized carbons (Fsp3) is 0.600. The summed E-state index contributed by atoms with van der Waals surface area (Å²) in [6.45, 7) is 1.83. The Morgan fingerprint density at radius 1 is 1.57 bits per heavy atom. The zero-order valence-corrected chi connectivity index (χ0v) is 8.25. The second-order valence-corrected chi connectivity index (χ2v) is 2.97. The maximum atomic E-state index is 11.2. The molecule has 4 heteroatoms. The molecule has 0 bridgehead atoms. The average Bonchev–Trinajstić information content (AvgIpc) is 2.12. The molecule has 0 aromatic rings. The van der Waals surface area contributed by atoms with Crippen molar-refractivity contribution >= 4 is 11.9 Å². The topological polar surface area (TPSA) is 66.4 Å². The number of hydrogen-bond acceptors (Lipinski definition) is 2. The summed E-state index contributed by atoms with van der Waals surface area (Å²) in [6, 6.07) is -0.294. The second kappa shape index (κ2) is 6.96. The highest BCUT2D eigenvalue weighted by atomic mass is 16.4. The fourth-order valence-corrected chi connectivity index (χ4v) is 0.994. The van der Waals surface area contributed by atoms with Crippen LogP contribution in [0.2, 0.25) is 0 Å². The number of carbonyl (C=O) groups is 2. The van der Waals surface area contributed by atoms with Gasteiger partial charge in [0.1, 0.15) is 0 Å². The van der Waals surface area contributed by atoms with E-state index in [1.807, 2.05) is 6.92 Å². The predicted molar refractivity (Wildman–Crippen MR) is 52.5 cm³/mol. The van der Waals surface area contributed by atoms with Gasteiger partial charge < -0.3 is 10.4 Å². The zero-order chi connectivity index (χ0) is 11.0. The molecule has 0 aliphatic rings. The fourth-order valence-electron chi connectivity index (χ4n) is 0.994. The van der Waals surface area contributed by atoms with Crippen LogP contribution in [0.3, 0.4) is 0 Å². The summed E-state index contributed by atoms with van der Waals surface area (Å²) in [5.41, 5.74) is 0. The van der Waals surface area contributed by atoms with Gasteiger partial charge in [-0.3, -0.25) is 9.59 Å². The van der Waals surface area contributed by atoms with E-state index in [0.717, 1.165) is 0 Å². The van der Waals surface area contributed by atoms with E-state index in [2.05, 4.69) is 11.2 Å². The molecule has 0 saturated heterocycles. The van der Waals surface area contributed by atoms with Crippen LogP contribution in [0, 0.1) is 12.3 Å². The molecule has 14 heavy (non-hydrogen) atoms. The van der Waals surface area contributed by atoms with E-state index in [9.17, 15) is 9.59 Å². The number of terminal acetylenes is 1. The first-order chi connectivity index (χ1) is 6.60. The standard InChI is InChI=1S/C10H15NO3/c1-3-5-6-9(12)11-8(4-2)7-10(13)14/h1,8H,4-7H2,2H3,(H,11,12)(H,13,14). The summed E-state index contributed by atoms with van der Waals surface area (Å²) in [7, 11) is 0. The number of carboxylic acid groups (broad SMARTS) is 1. The molecule has 0 saturated carbocycles. The van der Waals surface area contributed by atoms with Gasteiger partial charge in [0, 0.05) is 18.9 Å². The van der Waals surface area contributed by atoms with Crippen molar-refractivity contribution < 1.29 is 14.7 Å². The number of amides is 1. The van der Waals surface area contributed by atoms with E-state index in [-0.39, 0.29) is 24.8 Å². The first-order valence-electron chi connectivity index (χ1n) is 4.54. The van der Waals surface area contributed by atoms with Crippen molar-refractivity contribution in [2.75, 3.05) is 0 Å². The Balaban J connectivity index is 3.87. The molecule has 0 rings (SSSR count). The van der Waals surface area contributed by atoms with Crippen molar-refractivity contribution in [1.82, 2.24) is 5.32 Å². The van der Waals surface area contributed by atoms with E-state index < -0.39 is 5.97 Å². The van der Waals surface area contributed by atoms with Gasteiger partial charge in [-0.15, -0.1) is 12.3 Å². The Kier molecular flexibility index (Phi) is 6.21. The van der Waals surface area contributed by atoms with Gasteiger partial charge in [-0.05, 0) is 6.42 Å². The molecule has 0 heterocycles.